The molecule has 17 heavy (non-hydrogen) atoms. The lowest BCUT2D eigenvalue weighted by Gasteiger charge is -2.38. The topological polar surface area (TPSA) is 38.5 Å². The van der Waals surface area contributed by atoms with Gasteiger partial charge >= 0.3 is 0 Å². The number of methoxy groups -OCH3 is 1. The molecule has 3 heteroatoms. The van der Waals surface area contributed by atoms with E-state index >= 15 is 0 Å². The molecule has 3 nitrogen and oxygen atoms in total. The summed E-state index contributed by atoms with van der Waals surface area (Å²) in [6.45, 7) is 5.62. The molecule has 1 aromatic carbocycles. The molecule has 2 N–H and O–H groups in total. The zero-order chi connectivity index (χ0) is 12.9. The van der Waals surface area contributed by atoms with Gasteiger partial charge in [0.1, 0.15) is 0 Å². The molecule has 96 valence electrons. The van der Waals surface area contributed by atoms with Gasteiger partial charge in [-0.15, -0.1) is 0 Å². The van der Waals surface area contributed by atoms with E-state index in [1.54, 1.807) is 7.11 Å². The van der Waals surface area contributed by atoms with Gasteiger partial charge in [-0.2, -0.15) is 0 Å². The Bertz CT molecular complexity index is 324. The first-order valence-electron chi connectivity index (χ1n) is 6.00. The van der Waals surface area contributed by atoms with Crippen molar-refractivity contribution < 1.29 is 4.74 Å². The van der Waals surface area contributed by atoms with E-state index in [-0.39, 0.29) is 11.6 Å². The van der Waals surface area contributed by atoms with Gasteiger partial charge in [0.15, 0.2) is 0 Å². The van der Waals surface area contributed by atoms with Crippen molar-refractivity contribution in [3.05, 3.63) is 35.9 Å². The molecule has 0 aliphatic rings. The van der Waals surface area contributed by atoms with Gasteiger partial charge in [0, 0.05) is 20.2 Å². The number of nitrogens with two attached hydrogens (primary N) is 1. The lowest BCUT2D eigenvalue weighted by atomic mass is 9.97. The van der Waals surface area contributed by atoms with E-state index in [4.69, 9.17) is 10.5 Å². The van der Waals surface area contributed by atoms with Crippen LogP contribution in [0.25, 0.3) is 0 Å². The van der Waals surface area contributed by atoms with Crippen molar-refractivity contribution in [1.82, 2.24) is 4.90 Å². The molecule has 1 atom stereocenters. The fourth-order valence-electron chi connectivity index (χ4n) is 2.11. The highest BCUT2D eigenvalue weighted by Gasteiger charge is 2.31. The molecule has 1 rings (SSSR count). The Kier molecular flexibility index (Phi) is 5.12. The molecule has 0 heterocycles. The van der Waals surface area contributed by atoms with Crippen LogP contribution in [0.4, 0.5) is 0 Å². The van der Waals surface area contributed by atoms with Crippen molar-refractivity contribution in [2.75, 3.05) is 20.7 Å². The Morgan fingerprint density at radius 3 is 2.35 bits per heavy atom. The molecular weight excluding hydrogens is 212 g/mol. The van der Waals surface area contributed by atoms with Crippen LogP contribution in [0.15, 0.2) is 30.3 Å². The predicted molar refractivity (Wildman–Crippen MR) is 71.8 cm³/mol. The summed E-state index contributed by atoms with van der Waals surface area (Å²) >= 11 is 0. The fourth-order valence-corrected chi connectivity index (χ4v) is 2.11. The molecule has 0 bridgehead atoms. The number of hydrogen-bond donors (Lipinski definition) is 1. The van der Waals surface area contributed by atoms with E-state index in [1.165, 1.54) is 5.56 Å². The average molecular weight is 236 g/mol. The van der Waals surface area contributed by atoms with Crippen LogP contribution < -0.4 is 5.73 Å². The maximum absolute atomic E-state index is 5.87. The highest BCUT2D eigenvalue weighted by atomic mass is 16.5. The van der Waals surface area contributed by atoms with Crippen molar-refractivity contribution in [1.29, 1.82) is 0 Å². The summed E-state index contributed by atoms with van der Waals surface area (Å²) in [5.41, 5.74) is 6.92. The van der Waals surface area contributed by atoms with Gasteiger partial charge in [-0.05, 0) is 26.5 Å². The summed E-state index contributed by atoms with van der Waals surface area (Å²) in [7, 11) is 3.82. The van der Waals surface area contributed by atoms with Gasteiger partial charge in [-0.25, -0.2) is 0 Å². The first-order chi connectivity index (χ1) is 8.01. The molecule has 0 saturated heterocycles. The van der Waals surface area contributed by atoms with Gasteiger partial charge in [0.25, 0.3) is 0 Å². The molecule has 1 aromatic rings. The van der Waals surface area contributed by atoms with Crippen molar-refractivity contribution in [3.63, 3.8) is 0 Å². The summed E-state index contributed by atoms with van der Waals surface area (Å²) in [4.78, 5) is 2.25. The first-order valence-corrected chi connectivity index (χ1v) is 6.00. The van der Waals surface area contributed by atoms with Crippen LogP contribution in [-0.2, 0) is 11.3 Å². The number of nitrogens with zero attached hydrogens (tertiary/aromatic N) is 1. The number of likely N-dealkylation sites (N-methyl/N-ethyl adjacent to an activating group) is 1. The molecule has 0 saturated carbocycles. The highest BCUT2D eigenvalue weighted by molar-refractivity contribution is 5.14. The standard InChI is InChI=1S/C14H24N2O/c1-14(2,17-4)13(10-15)16(3)11-12-8-6-5-7-9-12/h5-9,13H,10-11,15H2,1-4H3. The predicted octanol–water partition coefficient (Wildman–Crippen LogP) is 1.87. The zero-order valence-corrected chi connectivity index (χ0v) is 11.3. The Morgan fingerprint density at radius 2 is 1.88 bits per heavy atom. The van der Waals surface area contributed by atoms with Gasteiger partial charge in [0.05, 0.1) is 11.6 Å². The van der Waals surface area contributed by atoms with Crippen LogP contribution in [0.3, 0.4) is 0 Å². The van der Waals surface area contributed by atoms with E-state index in [2.05, 4.69) is 50.1 Å². The van der Waals surface area contributed by atoms with E-state index in [9.17, 15) is 0 Å². The summed E-state index contributed by atoms with van der Waals surface area (Å²) < 4.78 is 5.53. The summed E-state index contributed by atoms with van der Waals surface area (Å²) in [6.07, 6.45) is 0. The highest BCUT2D eigenvalue weighted by Crippen LogP contribution is 2.19. The lowest BCUT2D eigenvalue weighted by molar-refractivity contribution is -0.0451. The van der Waals surface area contributed by atoms with Crippen molar-refractivity contribution in [3.8, 4) is 0 Å². The molecule has 1 unspecified atom stereocenters. The minimum Gasteiger partial charge on any atom is -0.377 e. The Morgan fingerprint density at radius 1 is 1.29 bits per heavy atom. The molecule has 0 spiro atoms. The van der Waals surface area contributed by atoms with E-state index in [1.807, 2.05) is 6.07 Å². The number of ether oxygens (including phenoxy) is 1. The summed E-state index contributed by atoms with van der Waals surface area (Å²) in [6, 6.07) is 10.6. The fraction of sp³-hybridized carbons (Fsp3) is 0.571. The van der Waals surface area contributed by atoms with Crippen LogP contribution in [0.1, 0.15) is 19.4 Å². The van der Waals surface area contributed by atoms with Crippen LogP contribution in [0, 0.1) is 0 Å². The van der Waals surface area contributed by atoms with Crippen LogP contribution >= 0.6 is 0 Å². The van der Waals surface area contributed by atoms with Gasteiger partial charge < -0.3 is 10.5 Å². The van der Waals surface area contributed by atoms with Crippen LogP contribution in [0.2, 0.25) is 0 Å². The quantitative estimate of drug-likeness (QED) is 0.819. The van der Waals surface area contributed by atoms with Crippen LogP contribution in [0.5, 0.6) is 0 Å². The largest absolute Gasteiger partial charge is 0.377 e. The normalized spacial score (nSPS) is 14.0. The SMILES string of the molecule is COC(C)(C)C(CN)N(C)Cc1ccccc1. The van der Waals surface area contributed by atoms with Gasteiger partial charge in [-0.3, -0.25) is 4.90 Å². The molecule has 0 aliphatic carbocycles. The number of benzene rings is 1. The Hall–Kier alpha value is -0.900. The maximum Gasteiger partial charge on any atom is 0.0789 e. The first kappa shape index (κ1) is 14.2. The molecular formula is C14H24N2O. The Labute approximate surface area is 105 Å². The van der Waals surface area contributed by atoms with E-state index in [0.29, 0.717) is 6.54 Å². The number of rotatable bonds is 6. The molecule has 0 fully saturated rings. The third-order valence-electron chi connectivity index (χ3n) is 3.36. The van der Waals surface area contributed by atoms with Gasteiger partial charge in [0.2, 0.25) is 0 Å². The zero-order valence-electron chi connectivity index (χ0n) is 11.3. The van der Waals surface area contributed by atoms with Crippen molar-refractivity contribution >= 4 is 0 Å². The minimum atomic E-state index is -0.238. The van der Waals surface area contributed by atoms with E-state index < -0.39 is 0 Å². The second-order valence-electron chi connectivity index (χ2n) is 4.96. The molecule has 0 aromatic heterocycles. The maximum atomic E-state index is 5.87. The monoisotopic (exact) mass is 236 g/mol. The summed E-state index contributed by atoms with van der Waals surface area (Å²) in [5, 5.41) is 0. The lowest BCUT2D eigenvalue weighted by Crippen LogP contribution is -2.52. The van der Waals surface area contributed by atoms with Crippen molar-refractivity contribution in [2.24, 2.45) is 5.73 Å². The average Bonchev–Trinajstić information content (AvgIpc) is 2.30. The molecule has 0 amide bonds. The Balaban J connectivity index is 2.71. The second-order valence-corrected chi connectivity index (χ2v) is 4.96. The van der Waals surface area contributed by atoms with E-state index in [0.717, 1.165) is 6.54 Å². The van der Waals surface area contributed by atoms with Crippen molar-refractivity contribution in [2.45, 2.75) is 32.0 Å². The smallest absolute Gasteiger partial charge is 0.0789 e. The second kappa shape index (κ2) is 6.15. The minimum absolute atomic E-state index is 0.202. The van der Waals surface area contributed by atoms with Crippen LogP contribution in [-0.4, -0.2) is 37.2 Å². The molecule has 0 aliphatic heterocycles. The third kappa shape index (κ3) is 3.80. The van der Waals surface area contributed by atoms with Gasteiger partial charge in [-0.1, -0.05) is 30.3 Å². The third-order valence-corrected chi connectivity index (χ3v) is 3.36. The summed E-state index contributed by atoms with van der Waals surface area (Å²) in [5.74, 6) is 0. The number of hydrogen-bond acceptors (Lipinski definition) is 3. The molecule has 0 radical (unpaired) electrons.